The Kier molecular flexibility index (Phi) is 4.09. The monoisotopic (exact) mass is 290 g/mol. The molecular weight excluding hydrogens is 264 g/mol. The van der Waals surface area contributed by atoms with Gasteiger partial charge in [-0.3, -0.25) is 4.90 Å². The zero-order valence-electron chi connectivity index (χ0n) is 13.1. The Hall–Kier alpha value is -1.26. The Bertz CT molecular complexity index is 481. The van der Waals surface area contributed by atoms with E-state index in [4.69, 9.17) is 4.74 Å². The van der Waals surface area contributed by atoms with Crippen LogP contribution in [0.5, 0.6) is 5.75 Å². The van der Waals surface area contributed by atoms with Crippen LogP contribution in [0.1, 0.15) is 26.7 Å². The first-order valence-electron chi connectivity index (χ1n) is 7.96. The van der Waals surface area contributed by atoms with Gasteiger partial charge in [0.2, 0.25) is 0 Å². The molecule has 1 aromatic carbocycles. The van der Waals surface area contributed by atoms with Crippen molar-refractivity contribution in [2.75, 3.05) is 37.6 Å². The smallest absolute Gasteiger partial charge is 0.117 e. The van der Waals surface area contributed by atoms with Crippen LogP contribution < -0.4 is 4.90 Å². The van der Waals surface area contributed by atoms with Crippen molar-refractivity contribution < 1.29 is 9.84 Å². The Balaban J connectivity index is 1.49. The van der Waals surface area contributed by atoms with Crippen LogP contribution in [-0.4, -0.2) is 54.4 Å². The second kappa shape index (κ2) is 5.85. The lowest BCUT2D eigenvalue weighted by Gasteiger charge is -2.37. The highest BCUT2D eigenvalue weighted by molar-refractivity contribution is 5.50. The number of hydrogen-bond acceptors (Lipinski definition) is 4. The van der Waals surface area contributed by atoms with Crippen LogP contribution in [0.3, 0.4) is 0 Å². The Morgan fingerprint density at radius 2 is 2.00 bits per heavy atom. The molecule has 0 aromatic heterocycles. The molecule has 2 aliphatic heterocycles. The lowest BCUT2D eigenvalue weighted by Crippen LogP contribution is -2.48. The van der Waals surface area contributed by atoms with Crippen molar-refractivity contribution in [3.63, 3.8) is 0 Å². The van der Waals surface area contributed by atoms with Crippen LogP contribution in [0.2, 0.25) is 0 Å². The molecule has 2 aliphatic rings. The van der Waals surface area contributed by atoms with Gasteiger partial charge in [-0.05, 0) is 38.8 Å². The lowest BCUT2D eigenvalue weighted by atomic mass is 10.1. The molecule has 0 spiro atoms. The molecule has 0 radical (unpaired) electrons. The van der Waals surface area contributed by atoms with Crippen molar-refractivity contribution in [2.45, 2.75) is 38.4 Å². The molecule has 1 atom stereocenters. The zero-order chi connectivity index (χ0) is 14.9. The minimum absolute atomic E-state index is 0.0635. The van der Waals surface area contributed by atoms with E-state index in [1.165, 1.54) is 12.8 Å². The summed E-state index contributed by atoms with van der Waals surface area (Å²) in [6.45, 7) is 9.59. The summed E-state index contributed by atoms with van der Waals surface area (Å²) >= 11 is 0. The minimum atomic E-state index is 0.0635. The van der Waals surface area contributed by atoms with Crippen molar-refractivity contribution in [3.05, 3.63) is 24.3 Å². The Morgan fingerprint density at radius 3 is 2.62 bits per heavy atom. The van der Waals surface area contributed by atoms with Crippen molar-refractivity contribution in [2.24, 2.45) is 0 Å². The van der Waals surface area contributed by atoms with Crippen molar-refractivity contribution in [3.8, 4) is 5.75 Å². The molecule has 2 heterocycles. The van der Waals surface area contributed by atoms with Gasteiger partial charge in [-0.25, -0.2) is 0 Å². The Labute approximate surface area is 127 Å². The highest BCUT2D eigenvalue weighted by atomic mass is 16.5. The molecule has 0 bridgehead atoms. The summed E-state index contributed by atoms with van der Waals surface area (Å²) in [7, 11) is 0. The van der Waals surface area contributed by atoms with Crippen LogP contribution in [0, 0.1) is 0 Å². The third-order valence-corrected chi connectivity index (χ3v) is 4.58. The van der Waals surface area contributed by atoms with Gasteiger partial charge >= 0.3 is 0 Å². The SMILES string of the molecule is CC1(C)CC[C@H](CN2CCN(c3cccc(O)c3)CC2)O1. The highest BCUT2D eigenvalue weighted by Gasteiger charge is 2.33. The number of phenols is 1. The maximum absolute atomic E-state index is 9.58. The van der Waals surface area contributed by atoms with Gasteiger partial charge in [0.05, 0.1) is 11.7 Å². The van der Waals surface area contributed by atoms with Gasteiger partial charge in [-0.1, -0.05) is 6.07 Å². The van der Waals surface area contributed by atoms with Crippen LogP contribution in [0.25, 0.3) is 0 Å². The van der Waals surface area contributed by atoms with Gasteiger partial charge in [0, 0.05) is 44.5 Å². The molecular formula is C17H26N2O2. The number of piperazine rings is 1. The molecule has 3 rings (SSSR count). The molecule has 2 fully saturated rings. The second-order valence-electron chi connectivity index (χ2n) is 6.85. The molecule has 1 N–H and O–H groups in total. The molecule has 2 saturated heterocycles. The number of aromatic hydroxyl groups is 1. The first-order chi connectivity index (χ1) is 10.0. The summed E-state index contributed by atoms with van der Waals surface area (Å²) in [5.74, 6) is 0.344. The third-order valence-electron chi connectivity index (χ3n) is 4.58. The molecule has 116 valence electrons. The van der Waals surface area contributed by atoms with Crippen molar-refractivity contribution in [1.29, 1.82) is 0 Å². The van der Waals surface area contributed by atoms with E-state index in [1.54, 1.807) is 6.07 Å². The van der Waals surface area contributed by atoms with Gasteiger partial charge < -0.3 is 14.7 Å². The molecule has 21 heavy (non-hydrogen) atoms. The second-order valence-corrected chi connectivity index (χ2v) is 6.85. The molecule has 0 saturated carbocycles. The number of anilines is 1. The Morgan fingerprint density at radius 1 is 1.24 bits per heavy atom. The summed E-state index contributed by atoms with van der Waals surface area (Å²) in [5.41, 5.74) is 1.18. The quantitative estimate of drug-likeness (QED) is 0.928. The number of ether oxygens (including phenoxy) is 1. The molecule has 1 aromatic rings. The van der Waals surface area contributed by atoms with Crippen LogP contribution in [0.4, 0.5) is 5.69 Å². The average molecular weight is 290 g/mol. The number of benzene rings is 1. The minimum Gasteiger partial charge on any atom is -0.508 e. The predicted octanol–water partition coefficient (Wildman–Crippen LogP) is 2.47. The van der Waals surface area contributed by atoms with Crippen LogP contribution in [-0.2, 0) is 4.74 Å². The third kappa shape index (κ3) is 3.69. The van der Waals surface area contributed by atoms with Gasteiger partial charge in [0.15, 0.2) is 0 Å². The summed E-state index contributed by atoms with van der Waals surface area (Å²) in [6, 6.07) is 7.54. The van der Waals surface area contributed by atoms with Crippen molar-refractivity contribution >= 4 is 5.69 Å². The zero-order valence-corrected chi connectivity index (χ0v) is 13.1. The number of phenolic OH excluding ortho intramolecular Hbond substituents is 1. The summed E-state index contributed by atoms with van der Waals surface area (Å²) in [6.07, 6.45) is 2.74. The number of nitrogens with zero attached hydrogens (tertiary/aromatic N) is 2. The van der Waals surface area contributed by atoms with E-state index < -0.39 is 0 Å². The fourth-order valence-electron chi connectivity index (χ4n) is 3.37. The van der Waals surface area contributed by atoms with Crippen molar-refractivity contribution in [1.82, 2.24) is 4.90 Å². The first-order valence-corrected chi connectivity index (χ1v) is 7.96. The molecule has 4 heteroatoms. The summed E-state index contributed by atoms with van der Waals surface area (Å²) in [5, 5.41) is 9.58. The highest BCUT2D eigenvalue weighted by Crippen LogP contribution is 2.30. The van der Waals surface area contributed by atoms with E-state index in [-0.39, 0.29) is 5.60 Å². The van der Waals surface area contributed by atoms with Crippen LogP contribution in [0.15, 0.2) is 24.3 Å². The van der Waals surface area contributed by atoms with Gasteiger partial charge in [0.25, 0.3) is 0 Å². The van der Waals surface area contributed by atoms with Gasteiger partial charge in [-0.15, -0.1) is 0 Å². The van der Waals surface area contributed by atoms with E-state index in [1.807, 2.05) is 12.1 Å². The normalized spacial score (nSPS) is 26.2. The molecule has 0 unspecified atom stereocenters. The molecule has 0 amide bonds. The summed E-state index contributed by atoms with van der Waals surface area (Å²) in [4.78, 5) is 4.85. The first kappa shape index (κ1) is 14.7. The lowest BCUT2D eigenvalue weighted by molar-refractivity contribution is -0.0291. The maximum Gasteiger partial charge on any atom is 0.117 e. The predicted molar refractivity (Wildman–Crippen MR) is 84.9 cm³/mol. The van der Waals surface area contributed by atoms with E-state index >= 15 is 0 Å². The fraction of sp³-hybridized carbons (Fsp3) is 0.647. The average Bonchev–Trinajstić information content (AvgIpc) is 2.79. The van der Waals surface area contributed by atoms with Crippen LogP contribution >= 0.6 is 0 Å². The number of hydrogen-bond donors (Lipinski definition) is 1. The fourth-order valence-corrected chi connectivity index (χ4v) is 3.37. The van der Waals surface area contributed by atoms with Gasteiger partial charge in [-0.2, -0.15) is 0 Å². The summed E-state index contributed by atoms with van der Waals surface area (Å²) < 4.78 is 6.09. The molecule has 4 nitrogen and oxygen atoms in total. The topological polar surface area (TPSA) is 35.9 Å². The molecule has 0 aliphatic carbocycles. The number of rotatable bonds is 3. The van der Waals surface area contributed by atoms with E-state index in [2.05, 4.69) is 29.7 Å². The largest absolute Gasteiger partial charge is 0.508 e. The standard InChI is InChI=1S/C17H26N2O2/c1-17(2)7-6-16(21-17)13-18-8-10-19(11-9-18)14-4-3-5-15(20)12-14/h3-5,12,16,20H,6-11,13H2,1-2H3/t16-/m1/s1. The van der Waals surface area contributed by atoms with E-state index in [0.717, 1.165) is 38.4 Å². The maximum atomic E-state index is 9.58. The van der Waals surface area contributed by atoms with E-state index in [0.29, 0.717) is 11.9 Å². The van der Waals surface area contributed by atoms with Gasteiger partial charge in [0.1, 0.15) is 5.75 Å². The van der Waals surface area contributed by atoms with E-state index in [9.17, 15) is 5.11 Å².